The molecule has 4 rings (SSSR count). The van der Waals surface area contributed by atoms with E-state index in [2.05, 4.69) is 23.6 Å². The van der Waals surface area contributed by atoms with Crippen molar-refractivity contribution in [1.29, 1.82) is 0 Å². The van der Waals surface area contributed by atoms with Crippen LogP contribution in [0.2, 0.25) is 0 Å². The van der Waals surface area contributed by atoms with Gasteiger partial charge in [0.05, 0.1) is 32.5 Å². The first-order valence-corrected chi connectivity index (χ1v) is 10.3. The molecule has 0 atom stereocenters. The number of nitrogens with zero attached hydrogens (tertiary/aromatic N) is 2. The summed E-state index contributed by atoms with van der Waals surface area (Å²) in [6.45, 7) is 3.03. The first kappa shape index (κ1) is 20.7. The lowest BCUT2D eigenvalue weighted by atomic mass is 10.0. The van der Waals surface area contributed by atoms with Gasteiger partial charge in [0.1, 0.15) is 5.69 Å². The molecule has 0 aliphatic heterocycles. The van der Waals surface area contributed by atoms with Crippen LogP contribution in [-0.2, 0) is 6.54 Å². The predicted molar refractivity (Wildman–Crippen MR) is 123 cm³/mol. The smallest absolute Gasteiger partial charge is 0.203 e. The summed E-state index contributed by atoms with van der Waals surface area (Å²) in [6, 6.07) is 13.8. The van der Waals surface area contributed by atoms with Crippen LogP contribution >= 0.6 is 0 Å². The van der Waals surface area contributed by atoms with Gasteiger partial charge < -0.3 is 18.8 Å². The van der Waals surface area contributed by atoms with Crippen LogP contribution in [0.1, 0.15) is 30.3 Å². The van der Waals surface area contributed by atoms with Gasteiger partial charge >= 0.3 is 0 Å². The molecule has 0 aliphatic rings. The lowest BCUT2D eigenvalue weighted by Gasteiger charge is -2.17. The van der Waals surface area contributed by atoms with Gasteiger partial charge in [-0.05, 0) is 30.7 Å². The molecule has 2 aromatic carbocycles. The van der Waals surface area contributed by atoms with Crippen molar-refractivity contribution in [3.8, 4) is 28.5 Å². The quantitative estimate of drug-likeness (QED) is 0.354. The number of carbonyl (C=O) groups excluding carboxylic acids is 1. The first-order valence-electron chi connectivity index (χ1n) is 10.3. The topological polar surface area (TPSA) is 62.6 Å². The maximum atomic E-state index is 11.8. The molecule has 0 fully saturated rings. The maximum Gasteiger partial charge on any atom is 0.203 e. The van der Waals surface area contributed by atoms with Crippen molar-refractivity contribution in [2.24, 2.45) is 0 Å². The molecule has 6 nitrogen and oxygen atoms in total. The summed E-state index contributed by atoms with van der Waals surface area (Å²) in [5.41, 5.74) is 3.90. The Bertz CT molecular complexity index is 1260. The van der Waals surface area contributed by atoms with Gasteiger partial charge in [0, 0.05) is 28.4 Å². The number of carbonyl (C=O) groups is 1. The van der Waals surface area contributed by atoms with E-state index in [-0.39, 0.29) is 0 Å². The number of rotatable bonds is 8. The molecule has 0 saturated heterocycles. The molecule has 2 heterocycles. The highest BCUT2D eigenvalue weighted by molar-refractivity contribution is 6.13. The Hall–Kier alpha value is -3.54. The third kappa shape index (κ3) is 3.38. The van der Waals surface area contributed by atoms with Crippen molar-refractivity contribution >= 4 is 28.1 Å². The van der Waals surface area contributed by atoms with Gasteiger partial charge in [-0.2, -0.15) is 0 Å². The Kier molecular flexibility index (Phi) is 5.80. The second-order valence-electron chi connectivity index (χ2n) is 7.31. The molecule has 31 heavy (non-hydrogen) atoms. The summed E-state index contributed by atoms with van der Waals surface area (Å²) >= 11 is 0. The Morgan fingerprint density at radius 1 is 0.968 bits per heavy atom. The van der Waals surface area contributed by atoms with E-state index in [4.69, 9.17) is 19.2 Å². The number of aromatic nitrogens is 2. The number of hydrogen-bond donors (Lipinski definition) is 0. The molecule has 0 saturated carbocycles. The van der Waals surface area contributed by atoms with Crippen molar-refractivity contribution < 1.29 is 19.0 Å². The summed E-state index contributed by atoms with van der Waals surface area (Å²) < 4.78 is 19.1. The summed E-state index contributed by atoms with van der Waals surface area (Å²) in [5.74, 6) is 1.58. The van der Waals surface area contributed by atoms with Crippen molar-refractivity contribution in [1.82, 2.24) is 9.55 Å². The summed E-state index contributed by atoms with van der Waals surface area (Å²) in [5, 5.41) is 2.09. The normalized spacial score (nSPS) is 11.1. The standard InChI is InChI=1S/C25H26N2O4/c1-5-6-13-27-20-10-8-7-9-17(20)19-14-16(15-28)26-22(23(19)27)18-11-12-21(29-2)25(31-4)24(18)30-3/h7-12,14-15H,5-6,13H2,1-4H3. The lowest BCUT2D eigenvalue weighted by Crippen LogP contribution is -2.03. The van der Waals surface area contributed by atoms with E-state index in [0.717, 1.165) is 53.0 Å². The van der Waals surface area contributed by atoms with Crippen LogP contribution in [-0.4, -0.2) is 37.2 Å². The fraction of sp³-hybridized carbons (Fsp3) is 0.280. The van der Waals surface area contributed by atoms with E-state index >= 15 is 0 Å². The molecule has 0 unspecified atom stereocenters. The van der Waals surface area contributed by atoms with Crippen LogP contribution in [0, 0.1) is 0 Å². The number of ether oxygens (including phenoxy) is 3. The van der Waals surface area contributed by atoms with Gasteiger partial charge in [-0.25, -0.2) is 4.98 Å². The number of para-hydroxylation sites is 1. The highest BCUT2D eigenvalue weighted by Gasteiger charge is 2.23. The number of methoxy groups -OCH3 is 3. The van der Waals surface area contributed by atoms with E-state index < -0.39 is 0 Å². The third-order valence-corrected chi connectivity index (χ3v) is 5.58. The number of aryl methyl sites for hydroxylation is 1. The minimum absolute atomic E-state index is 0.373. The van der Waals surface area contributed by atoms with Gasteiger partial charge in [0.2, 0.25) is 5.75 Å². The third-order valence-electron chi connectivity index (χ3n) is 5.58. The Morgan fingerprint density at radius 3 is 2.42 bits per heavy atom. The highest BCUT2D eigenvalue weighted by atomic mass is 16.5. The average molecular weight is 418 g/mol. The minimum Gasteiger partial charge on any atom is -0.493 e. The number of benzene rings is 2. The van der Waals surface area contributed by atoms with Crippen LogP contribution in [0.5, 0.6) is 17.2 Å². The number of unbranched alkanes of at least 4 members (excludes halogenated alkanes) is 1. The van der Waals surface area contributed by atoms with Crippen LogP contribution in [0.4, 0.5) is 0 Å². The molecule has 2 aromatic heterocycles. The SMILES string of the molecule is CCCCn1c2ccccc2c2cc(C=O)nc(-c3ccc(OC)c(OC)c3OC)c21. The van der Waals surface area contributed by atoms with Crippen molar-refractivity contribution in [2.75, 3.05) is 21.3 Å². The fourth-order valence-corrected chi connectivity index (χ4v) is 4.18. The second kappa shape index (κ2) is 8.68. The number of pyridine rings is 1. The molecule has 4 aromatic rings. The van der Waals surface area contributed by atoms with Crippen LogP contribution in [0.25, 0.3) is 33.1 Å². The fourth-order valence-electron chi connectivity index (χ4n) is 4.18. The van der Waals surface area contributed by atoms with E-state index in [0.29, 0.717) is 28.6 Å². The molecule has 0 spiro atoms. The number of hydrogen-bond acceptors (Lipinski definition) is 5. The average Bonchev–Trinajstić information content (AvgIpc) is 3.14. The Balaban J connectivity index is 2.15. The largest absolute Gasteiger partial charge is 0.493 e. The zero-order chi connectivity index (χ0) is 22.0. The van der Waals surface area contributed by atoms with Crippen molar-refractivity contribution in [2.45, 2.75) is 26.3 Å². The van der Waals surface area contributed by atoms with Crippen LogP contribution in [0.3, 0.4) is 0 Å². The van der Waals surface area contributed by atoms with Crippen molar-refractivity contribution in [3.63, 3.8) is 0 Å². The zero-order valence-electron chi connectivity index (χ0n) is 18.3. The van der Waals surface area contributed by atoms with Crippen LogP contribution in [0.15, 0.2) is 42.5 Å². The summed E-state index contributed by atoms with van der Waals surface area (Å²) in [6.07, 6.45) is 2.89. The van der Waals surface area contributed by atoms with E-state index in [1.165, 1.54) is 0 Å². The van der Waals surface area contributed by atoms with Gasteiger partial charge in [-0.15, -0.1) is 0 Å². The monoisotopic (exact) mass is 418 g/mol. The summed E-state index contributed by atoms with van der Waals surface area (Å²) in [7, 11) is 4.75. The predicted octanol–water partition coefficient (Wildman–Crippen LogP) is 5.49. The van der Waals surface area contributed by atoms with Crippen LogP contribution < -0.4 is 14.2 Å². The van der Waals surface area contributed by atoms with E-state index in [9.17, 15) is 4.79 Å². The zero-order valence-corrected chi connectivity index (χ0v) is 18.3. The molecule has 160 valence electrons. The highest BCUT2D eigenvalue weighted by Crippen LogP contribution is 2.46. The van der Waals surface area contributed by atoms with Gasteiger partial charge in [-0.3, -0.25) is 4.79 Å². The second-order valence-corrected chi connectivity index (χ2v) is 7.31. The number of aldehydes is 1. The molecule has 6 heteroatoms. The number of fused-ring (bicyclic) bond motifs is 3. The molecule has 0 aliphatic carbocycles. The van der Waals surface area contributed by atoms with Gasteiger partial charge in [0.15, 0.2) is 17.8 Å². The maximum absolute atomic E-state index is 11.8. The van der Waals surface area contributed by atoms with E-state index in [1.807, 2.05) is 30.3 Å². The molecule has 0 radical (unpaired) electrons. The molecular weight excluding hydrogens is 392 g/mol. The molecular formula is C25H26N2O4. The molecule has 0 N–H and O–H groups in total. The van der Waals surface area contributed by atoms with Gasteiger partial charge in [0.25, 0.3) is 0 Å². The first-order chi connectivity index (χ1) is 15.2. The minimum atomic E-state index is 0.373. The van der Waals surface area contributed by atoms with E-state index in [1.54, 1.807) is 21.3 Å². The Morgan fingerprint density at radius 2 is 1.74 bits per heavy atom. The lowest BCUT2D eigenvalue weighted by molar-refractivity contribution is 0.111. The summed E-state index contributed by atoms with van der Waals surface area (Å²) in [4.78, 5) is 16.5. The Labute approximate surface area is 181 Å². The molecule has 0 amide bonds. The van der Waals surface area contributed by atoms with Crippen molar-refractivity contribution in [3.05, 3.63) is 48.2 Å². The molecule has 0 bridgehead atoms. The van der Waals surface area contributed by atoms with Gasteiger partial charge in [-0.1, -0.05) is 31.5 Å².